The third kappa shape index (κ3) is 2.04. The number of nitrogens with one attached hydrogen (secondary N) is 1. The molecule has 3 N–H and O–H groups in total. The van der Waals surface area contributed by atoms with Crippen molar-refractivity contribution >= 4 is 11.8 Å². The van der Waals surface area contributed by atoms with Crippen molar-refractivity contribution in [2.45, 2.75) is 18.6 Å². The Hall–Kier alpha value is -2.15. The summed E-state index contributed by atoms with van der Waals surface area (Å²) in [5.74, 6) is 0. The van der Waals surface area contributed by atoms with Crippen molar-refractivity contribution < 1.29 is 19.9 Å². The zero-order chi connectivity index (χ0) is 12.6. The maximum absolute atomic E-state index is 10.6. The number of carbonyl (C=O) groups is 1. The van der Waals surface area contributed by atoms with Crippen LogP contribution in [-0.4, -0.2) is 27.3 Å². The number of hydrogen-bond acceptors (Lipinski definition) is 4. The van der Waals surface area contributed by atoms with Crippen LogP contribution in [0.5, 0.6) is 0 Å². The van der Waals surface area contributed by atoms with Crippen molar-refractivity contribution in [3.63, 3.8) is 0 Å². The quantitative estimate of drug-likeness (QED) is 0.521. The molecule has 1 aromatic rings. The molecule has 1 aliphatic rings. The highest BCUT2D eigenvalue weighted by Crippen LogP contribution is 2.33. The number of rotatable bonds is 2. The van der Waals surface area contributed by atoms with Gasteiger partial charge in [0, 0.05) is 12.1 Å². The summed E-state index contributed by atoms with van der Waals surface area (Å²) in [6.07, 6.45) is -1.93. The van der Waals surface area contributed by atoms with E-state index in [9.17, 15) is 20.0 Å². The van der Waals surface area contributed by atoms with Crippen LogP contribution in [0.4, 0.5) is 10.5 Å². The standard InChI is InChI=1S/C10H10N2O5/c13-9-7-4-6(12(16)17)2-1-5(7)3-8(9)11-10(14)15/h1-2,4,8-9,11,13H,3H2,(H,14,15). The van der Waals surface area contributed by atoms with Gasteiger partial charge in [0.15, 0.2) is 0 Å². The molecule has 2 atom stereocenters. The minimum absolute atomic E-state index is 0.112. The molecule has 90 valence electrons. The number of fused-ring (bicyclic) bond motifs is 1. The van der Waals surface area contributed by atoms with Gasteiger partial charge in [-0.1, -0.05) is 6.07 Å². The number of nitro benzene ring substituents is 1. The van der Waals surface area contributed by atoms with Crippen LogP contribution in [0.25, 0.3) is 0 Å². The predicted molar refractivity (Wildman–Crippen MR) is 56.7 cm³/mol. The molecule has 0 heterocycles. The van der Waals surface area contributed by atoms with Gasteiger partial charge < -0.3 is 15.5 Å². The minimum Gasteiger partial charge on any atom is -0.465 e. The van der Waals surface area contributed by atoms with Crippen molar-refractivity contribution in [3.05, 3.63) is 39.4 Å². The van der Waals surface area contributed by atoms with Crippen LogP contribution in [-0.2, 0) is 6.42 Å². The topological polar surface area (TPSA) is 113 Å². The van der Waals surface area contributed by atoms with Crippen molar-refractivity contribution in [2.75, 3.05) is 0 Å². The number of non-ortho nitro benzene ring substituents is 1. The Balaban J connectivity index is 2.29. The molecule has 0 radical (unpaired) electrons. The van der Waals surface area contributed by atoms with Gasteiger partial charge in [-0.2, -0.15) is 0 Å². The first-order valence-electron chi connectivity index (χ1n) is 4.94. The third-order valence-corrected chi connectivity index (χ3v) is 2.79. The molecular weight excluding hydrogens is 228 g/mol. The number of amides is 1. The molecule has 1 amide bonds. The Kier molecular flexibility index (Phi) is 2.68. The highest BCUT2D eigenvalue weighted by Gasteiger charge is 2.33. The van der Waals surface area contributed by atoms with E-state index in [1.807, 2.05) is 0 Å². The number of benzene rings is 1. The Morgan fingerprint density at radius 2 is 2.24 bits per heavy atom. The number of hydrogen-bond donors (Lipinski definition) is 3. The summed E-state index contributed by atoms with van der Waals surface area (Å²) in [5.41, 5.74) is 1.03. The number of aliphatic hydroxyl groups excluding tert-OH is 1. The molecular formula is C10H10N2O5. The van der Waals surface area contributed by atoms with Gasteiger partial charge in [0.1, 0.15) is 6.10 Å². The zero-order valence-electron chi connectivity index (χ0n) is 8.66. The molecule has 1 aromatic carbocycles. The largest absolute Gasteiger partial charge is 0.465 e. The van der Waals surface area contributed by atoms with E-state index in [1.165, 1.54) is 12.1 Å². The van der Waals surface area contributed by atoms with Crippen molar-refractivity contribution in [3.8, 4) is 0 Å². The smallest absolute Gasteiger partial charge is 0.404 e. The molecule has 7 nitrogen and oxygen atoms in total. The van der Waals surface area contributed by atoms with Crippen molar-refractivity contribution in [1.29, 1.82) is 0 Å². The zero-order valence-corrected chi connectivity index (χ0v) is 8.66. The molecule has 17 heavy (non-hydrogen) atoms. The third-order valence-electron chi connectivity index (χ3n) is 2.79. The van der Waals surface area contributed by atoms with Gasteiger partial charge in [-0.15, -0.1) is 0 Å². The summed E-state index contributed by atoms with van der Waals surface area (Å²) in [4.78, 5) is 20.5. The molecule has 0 saturated carbocycles. The fraction of sp³-hybridized carbons (Fsp3) is 0.300. The average molecular weight is 238 g/mol. The minimum atomic E-state index is -1.23. The lowest BCUT2D eigenvalue weighted by molar-refractivity contribution is -0.385. The predicted octanol–water partition coefficient (Wildman–Crippen LogP) is 0.820. The second-order valence-electron chi connectivity index (χ2n) is 3.85. The molecule has 0 bridgehead atoms. The number of nitro groups is 1. The summed E-state index contributed by atoms with van der Waals surface area (Å²) >= 11 is 0. The van der Waals surface area contributed by atoms with Gasteiger partial charge in [-0.25, -0.2) is 4.79 Å². The molecule has 0 fully saturated rings. The van der Waals surface area contributed by atoms with Crippen molar-refractivity contribution in [2.24, 2.45) is 0 Å². The van der Waals surface area contributed by atoms with E-state index in [0.29, 0.717) is 12.0 Å². The van der Waals surface area contributed by atoms with E-state index in [1.54, 1.807) is 6.07 Å². The Morgan fingerprint density at radius 3 is 2.82 bits per heavy atom. The highest BCUT2D eigenvalue weighted by molar-refractivity contribution is 5.65. The van der Waals surface area contributed by atoms with Gasteiger partial charge in [-0.3, -0.25) is 10.1 Å². The van der Waals surface area contributed by atoms with Gasteiger partial charge in [0.05, 0.1) is 11.0 Å². The molecule has 2 rings (SSSR count). The van der Waals surface area contributed by atoms with Crippen LogP contribution < -0.4 is 5.32 Å². The number of nitrogens with zero attached hydrogens (tertiary/aromatic N) is 1. The maximum Gasteiger partial charge on any atom is 0.404 e. The summed E-state index contributed by atoms with van der Waals surface area (Å²) < 4.78 is 0. The second kappa shape index (κ2) is 4.02. The lowest BCUT2D eigenvalue weighted by Crippen LogP contribution is -2.36. The Morgan fingerprint density at radius 1 is 1.53 bits per heavy atom. The fourth-order valence-corrected chi connectivity index (χ4v) is 2.01. The molecule has 0 saturated heterocycles. The van der Waals surface area contributed by atoms with Crippen LogP contribution in [0.15, 0.2) is 18.2 Å². The maximum atomic E-state index is 10.6. The second-order valence-corrected chi connectivity index (χ2v) is 3.85. The van der Waals surface area contributed by atoms with E-state index in [4.69, 9.17) is 5.11 Å². The van der Waals surface area contributed by atoms with Crippen LogP contribution in [0.2, 0.25) is 0 Å². The van der Waals surface area contributed by atoms with E-state index in [0.717, 1.165) is 5.56 Å². The normalized spacial score (nSPS) is 21.9. The first-order chi connectivity index (χ1) is 7.99. The number of aliphatic hydroxyl groups is 1. The van der Waals surface area contributed by atoms with Crippen LogP contribution in [0.3, 0.4) is 0 Å². The van der Waals surface area contributed by atoms with E-state index in [2.05, 4.69) is 5.32 Å². The monoisotopic (exact) mass is 238 g/mol. The molecule has 0 aromatic heterocycles. The van der Waals surface area contributed by atoms with E-state index >= 15 is 0 Å². The SMILES string of the molecule is O=C(O)NC1Cc2ccc([N+](=O)[O-])cc2C1O. The van der Waals surface area contributed by atoms with Crippen molar-refractivity contribution in [1.82, 2.24) is 5.32 Å². The van der Waals surface area contributed by atoms with Crippen LogP contribution in [0, 0.1) is 10.1 Å². The summed E-state index contributed by atoms with van der Waals surface area (Å²) in [6, 6.07) is 3.52. The first-order valence-corrected chi connectivity index (χ1v) is 4.94. The van der Waals surface area contributed by atoms with E-state index in [-0.39, 0.29) is 5.69 Å². The summed E-state index contributed by atoms with van der Waals surface area (Å²) in [5, 5.41) is 31.2. The lowest BCUT2D eigenvalue weighted by Gasteiger charge is -2.14. The van der Waals surface area contributed by atoms with Crippen LogP contribution >= 0.6 is 0 Å². The van der Waals surface area contributed by atoms with Crippen LogP contribution in [0.1, 0.15) is 17.2 Å². The summed E-state index contributed by atoms with van der Waals surface area (Å²) in [7, 11) is 0. The van der Waals surface area contributed by atoms with Gasteiger partial charge >= 0.3 is 6.09 Å². The van der Waals surface area contributed by atoms with Gasteiger partial charge in [0.25, 0.3) is 5.69 Å². The molecule has 1 aliphatic carbocycles. The molecule has 7 heteroatoms. The van der Waals surface area contributed by atoms with Gasteiger partial charge in [-0.05, 0) is 17.5 Å². The lowest BCUT2D eigenvalue weighted by atomic mass is 10.1. The first kappa shape index (κ1) is 11.3. The molecule has 0 aliphatic heterocycles. The fourth-order valence-electron chi connectivity index (χ4n) is 2.01. The Bertz CT molecular complexity index is 488. The average Bonchev–Trinajstić information content (AvgIpc) is 2.55. The number of carboxylic acid groups (broad SMARTS) is 1. The molecule has 2 unspecified atom stereocenters. The molecule has 0 spiro atoms. The van der Waals surface area contributed by atoms with Gasteiger partial charge in [0.2, 0.25) is 0 Å². The Labute approximate surface area is 95.8 Å². The highest BCUT2D eigenvalue weighted by atomic mass is 16.6. The van der Waals surface area contributed by atoms with E-state index < -0.39 is 23.2 Å². The summed E-state index contributed by atoms with van der Waals surface area (Å²) in [6.45, 7) is 0.